The Hall–Kier alpha value is -2.28. The summed E-state index contributed by atoms with van der Waals surface area (Å²) in [5.41, 5.74) is 4.45. The molecule has 1 amide bonds. The monoisotopic (exact) mass is 341 g/mol. The maximum absolute atomic E-state index is 11.6. The lowest BCUT2D eigenvalue weighted by Crippen LogP contribution is -2.25. The van der Waals surface area contributed by atoms with E-state index >= 15 is 0 Å². The molecule has 7 heteroatoms. The van der Waals surface area contributed by atoms with Gasteiger partial charge in [-0.25, -0.2) is 0 Å². The second kappa shape index (κ2) is 6.92. The van der Waals surface area contributed by atoms with Gasteiger partial charge in [-0.15, -0.1) is 0 Å². The van der Waals surface area contributed by atoms with Gasteiger partial charge in [0.2, 0.25) is 17.6 Å². The van der Waals surface area contributed by atoms with Gasteiger partial charge in [0.1, 0.15) is 0 Å². The van der Waals surface area contributed by atoms with Gasteiger partial charge in [-0.2, -0.15) is 4.98 Å². The maximum Gasteiger partial charge on any atom is 0.227 e. The number of aromatic nitrogens is 3. The maximum atomic E-state index is 11.6. The zero-order valence-corrected chi connectivity index (χ0v) is 14.5. The van der Waals surface area contributed by atoms with Gasteiger partial charge in [-0.05, 0) is 43.9 Å². The van der Waals surface area contributed by atoms with Crippen LogP contribution in [0.1, 0.15) is 42.0 Å². The normalized spacial score (nSPS) is 17.2. The third kappa shape index (κ3) is 3.28. The largest absolute Gasteiger partial charge is 0.343 e. The fourth-order valence-electron chi connectivity index (χ4n) is 3.69. The third-order valence-electron chi connectivity index (χ3n) is 5.01. The number of carbonyl (C=O) groups is 1. The summed E-state index contributed by atoms with van der Waals surface area (Å²) in [6.07, 6.45) is 6.10. The predicted octanol–water partition coefficient (Wildman–Crippen LogP) is 1.64. The van der Waals surface area contributed by atoms with Crippen molar-refractivity contribution in [1.82, 2.24) is 25.3 Å². The molecule has 0 atom stereocenters. The predicted molar refractivity (Wildman–Crippen MR) is 91.8 cm³/mol. The molecular weight excluding hydrogens is 318 g/mol. The van der Waals surface area contributed by atoms with Gasteiger partial charge in [0.05, 0.1) is 0 Å². The van der Waals surface area contributed by atoms with Crippen LogP contribution in [0.2, 0.25) is 0 Å². The molecule has 4 rings (SSSR count). The number of hydrogen-bond acceptors (Lipinski definition) is 6. The Balaban J connectivity index is 1.47. The third-order valence-corrected chi connectivity index (χ3v) is 5.01. The number of amides is 1. The van der Waals surface area contributed by atoms with Crippen molar-refractivity contribution in [2.24, 2.45) is 0 Å². The van der Waals surface area contributed by atoms with Gasteiger partial charge < -0.3 is 14.7 Å². The molecule has 0 unspecified atom stereocenters. The first-order valence-electron chi connectivity index (χ1n) is 9.01. The average molecular weight is 341 g/mol. The summed E-state index contributed by atoms with van der Waals surface area (Å²) >= 11 is 0. The van der Waals surface area contributed by atoms with Crippen LogP contribution in [0.3, 0.4) is 0 Å². The molecule has 2 aliphatic heterocycles. The van der Waals surface area contributed by atoms with Crippen LogP contribution in [0, 0.1) is 6.92 Å². The zero-order chi connectivity index (χ0) is 17.2. The van der Waals surface area contributed by atoms with Crippen LogP contribution in [0.4, 0.5) is 0 Å². The molecule has 1 saturated heterocycles. The van der Waals surface area contributed by atoms with Crippen LogP contribution in [0.15, 0.2) is 10.7 Å². The SMILES string of the molecule is Cc1ncc2c(c1-c1noc(CCCN3CCCC3=O)n1)CCNC2. The van der Waals surface area contributed by atoms with E-state index in [1.54, 1.807) is 0 Å². The van der Waals surface area contributed by atoms with Crippen LogP contribution >= 0.6 is 0 Å². The minimum Gasteiger partial charge on any atom is -0.343 e. The molecule has 0 radical (unpaired) electrons. The Morgan fingerprint density at radius 2 is 2.28 bits per heavy atom. The van der Waals surface area contributed by atoms with Crippen molar-refractivity contribution >= 4 is 5.91 Å². The van der Waals surface area contributed by atoms with E-state index in [-0.39, 0.29) is 5.91 Å². The van der Waals surface area contributed by atoms with Gasteiger partial charge in [0.15, 0.2) is 0 Å². The van der Waals surface area contributed by atoms with Crippen molar-refractivity contribution in [3.05, 3.63) is 28.9 Å². The molecule has 7 nitrogen and oxygen atoms in total. The summed E-state index contributed by atoms with van der Waals surface area (Å²) in [7, 11) is 0. The van der Waals surface area contributed by atoms with E-state index in [1.165, 1.54) is 11.1 Å². The summed E-state index contributed by atoms with van der Waals surface area (Å²) in [4.78, 5) is 22.7. The van der Waals surface area contributed by atoms with E-state index in [4.69, 9.17) is 4.52 Å². The summed E-state index contributed by atoms with van der Waals surface area (Å²) in [5, 5.41) is 7.56. The molecule has 0 bridgehead atoms. The van der Waals surface area contributed by atoms with Crippen LogP contribution in [0.5, 0.6) is 0 Å². The molecule has 25 heavy (non-hydrogen) atoms. The van der Waals surface area contributed by atoms with E-state index in [0.29, 0.717) is 24.6 Å². The highest BCUT2D eigenvalue weighted by molar-refractivity contribution is 5.78. The van der Waals surface area contributed by atoms with Crippen LogP contribution in [-0.2, 0) is 24.2 Å². The first-order chi connectivity index (χ1) is 12.2. The number of nitrogens with zero attached hydrogens (tertiary/aromatic N) is 4. The number of nitrogens with one attached hydrogen (secondary N) is 1. The average Bonchev–Trinajstić information content (AvgIpc) is 3.24. The minimum atomic E-state index is 0.262. The van der Waals surface area contributed by atoms with Crippen molar-refractivity contribution in [3.8, 4) is 11.4 Å². The Bertz CT molecular complexity index is 786. The Morgan fingerprint density at radius 1 is 1.36 bits per heavy atom. The summed E-state index contributed by atoms with van der Waals surface area (Å²) < 4.78 is 5.45. The molecule has 0 aromatic carbocycles. The second-order valence-electron chi connectivity index (χ2n) is 6.75. The molecule has 4 heterocycles. The lowest BCUT2D eigenvalue weighted by molar-refractivity contribution is -0.127. The lowest BCUT2D eigenvalue weighted by atomic mass is 9.95. The molecule has 2 aliphatic rings. The lowest BCUT2D eigenvalue weighted by Gasteiger charge is -2.19. The van der Waals surface area contributed by atoms with E-state index in [0.717, 1.165) is 56.7 Å². The second-order valence-corrected chi connectivity index (χ2v) is 6.75. The molecule has 2 aromatic heterocycles. The topological polar surface area (TPSA) is 84.2 Å². The highest BCUT2D eigenvalue weighted by Gasteiger charge is 2.22. The molecular formula is C18H23N5O2. The Labute approximate surface area is 146 Å². The van der Waals surface area contributed by atoms with Crippen molar-refractivity contribution in [2.75, 3.05) is 19.6 Å². The van der Waals surface area contributed by atoms with E-state index < -0.39 is 0 Å². The van der Waals surface area contributed by atoms with Crippen molar-refractivity contribution < 1.29 is 9.32 Å². The summed E-state index contributed by atoms with van der Waals surface area (Å²) in [5.74, 6) is 1.53. The molecule has 1 N–H and O–H groups in total. The fourth-order valence-corrected chi connectivity index (χ4v) is 3.69. The molecule has 1 fully saturated rings. The Morgan fingerprint density at radius 3 is 3.12 bits per heavy atom. The van der Waals surface area contributed by atoms with Crippen LogP contribution in [0.25, 0.3) is 11.4 Å². The zero-order valence-electron chi connectivity index (χ0n) is 14.5. The van der Waals surface area contributed by atoms with Crippen molar-refractivity contribution in [2.45, 2.75) is 45.6 Å². The van der Waals surface area contributed by atoms with Crippen LogP contribution in [-0.4, -0.2) is 45.6 Å². The van der Waals surface area contributed by atoms with E-state index in [9.17, 15) is 4.79 Å². The molecule has 132 valence electrons. The number of fused-ring (bicyclic) bond motifs is 1. The quantitative estimate of drug-likeness (QED) is 0.890. The standard InChI is InChI=1S/C18H23N5O2/c1-12-17(14-6-7-19-10-13(14)11-20-12)18-21-15(25-22-18)4-2-8-23-9-3-5-16(23)24/h11,19H,2-10H2,1H3. The van der Waals surface area contributed by atoms with Gasteiger partial charge >= 0.3 is 0 Å². The summed E-state index contributed by atoms with van der Waals surface area (Å²) in [6, 6.07) is 0. The van der Waals surface area contributed by atoms with Gasteiger partial charge in [-0.1, -0.05) is 5.16 Å². The summed E-state index contributed by atoms with van der Waals surface area (Å²) in [6.45, 7) is 5.43. The molecule has 0 aliphatic carbocycles. The number of rotatable bonds is 5. The number of carbonyl (C=O) groups excluding carboxylic acids is 1. The number of hydrogen-bond donors (Lipinski definition) is 1. The number of pyridine rings is 1. The molecule has 2 aromatic rings. The van der Waals surface area contributed by atoms with Gasteiger partial charge in [-0.3, -0.25) is 9.78 Å². The highest BCUT2D eigenvalue weighted by atomic mass is 16.5. The van der Waals surface area contributed by atoms with Gasteiger partial charge in [0, 0.05) is 49.9 Å². The van der Waals surface area contributed by atoms with E-state index in [1.807, 2.05) is 18.0 Å². The smallest absolute Gasteiger partial charge is 0.227 e. The van der Waals surface area contributed by atoms with Gasteiger partial charge in [0.25, 0.3) is 0 Å². The first-order valence-corrected chi connectivity index (χ1v) is 9.01. The first kappa shape index (κ1) is 16.2. The van der Waals surface area contributed by atoms with Crippen molar-refractivity contribution in [3.63, 3.8) is 0 Å². The molecule has 0 spiro atoms. The fraction of sp³-hybridized carbons (Fsp3) is 0.556. The number of likely N-dealkylation sites (tertiary alicyclic amines) is 1. The minimum absolute atomic E-state index is 0.262. The van der Waals surface area contributed by atoms with E-state index in [2.05, 4.69) is 20.4 Å². The van der Waals surface area contributed by atoms with Crippen molar-refractivity contribution in [1.29, 1.82) is 0 Å². The van der Waals surface area contributed by atoms with Crippen LogP contribution < -0.4 is 5.32 Å². The number of aryl methyl sites for hydroxylation is 2. The molecule has 0 saturated carbocycles. The Kier molecular flexibility index (Phi) is 4.48. The highest BCUT2D eigenvalue weighted by Crippen LogP contribution is 2.28.